The Hall–Kier alpha value is -3.97. The second-order valence-corrected chi connectivity index (χ2v) is 7.88. The van der Waals surface area contributed by atoms with Crippen LogP contribution in [0.2, 0.25) is 0 Å². The van der Waals surface area contributed by atoms with Crippen molar-refractivity contribution in [2.75, 3.05) is 27.7 Å². The van der Waals surface area contributed by atoms with E-state index in [1.165, 1.54) is 0 Å². The van der Waals surface area contributed by atoms with Crippen LogP contribution in [0.15, 0.2) is 85.3 Å². The lowest BCUT2D eigenvalue weighted by molar-refractivity contribution is 0.0942. The summed E-state index contributed by atoms with van der Waals surface area (Å²) in [5.41, 5.74) is 3.85. The van der Waals surface area contributed by atoms with Crippen LogP contribution < -0.4 is 10.1 Å². The zero-order valence-electron chi connectivity index (χ0n) is 19.0. The van der Waals surface area contributed by atoms with Crippen molar-refractivity contribution in [3.8, 4) is 22.7 Å². The number of carbonyl (C=O) groups is 1. The number of para-hydroxylation sites is 1. The second-order valence-electron chi connectivity index (χ2n) is 7.88. The fourth-order valence-corrected chi connectivity index (χ4v) is 3.68. The van der Waals surface area contributed by atoms with Crippen LogP contribution in [0.3, 0.4) is 0 Å². The molecule has 0 radical (unpaired) electrons. The number of amides is 1. The molecule has 0 bridgehead atoms. The highest BCUT2D eigenvalue weighted by molar-refractivity contribution is 5.99. The minimum atomic E-state index is -0.184. The van der Waals surface area contributed by atoms with Crippen molar-refractivity contribution in [3.63, 3.8) is 0 Å². The second kappa shape index (κ2) is 10.1. The third-order valence-electron chi connectivity index (χ3n) is 5.49. The third kappa shape index (κ3) is 5.10. The number of rotatable bonds is 8. The van der Waals surface area contributed by atoms with Gasteiger partial charge in [0.2, 0.25) is 0 Å². The van der Waals surface area contributed by atoms with E-state index in [2.05, 4.69) is 15.2 Å². The van der Waals surface area contributed by atoms with Crippen molar-refractivity contribution in [2.24, 2.45) is 0 Å². The molecule has 2 aromatic heterocycles. The van der Waals surface area contributed by atoms with Crippen molar-refractivity contribution < 1.29 is 9.53 Å². The van der Waals surface area contributed by atoms with Gasteiger partial charge in [0, 0.05) is 30.7 Å². The van der Waals surface area contributed by atoms with Crippen molar-refractivity contribution >= 4 is 5.91 Å². The summed E-state index contributed by atoms with van der Waals surface area (Å²) in [6, 6.07) is 21.4. The van der Waals surface area contributed by atoms with Gasteiger partial charge < -0.3 is 15.0 Å². The molecule has 4 aromatic rings. The van der Waals surface area contributed by atoms with Crippen molar-refractivity contribution in [1.82, 2.24) is 25.0 Å². The molecule has 1 unspecified atom stereocenters. The van der Waals surface area contributed by atoms with Crippen molar-refractivity contribution in [3.05, 3.63) is 96.4 Å². The van der Waals surface area contributed by atoms with Gasteiger partial charge in [0.25, 0.3) is 5.91 Å². The van der Waals surface area contributed by atoms with Gasteiger partial charge >= 0.3 is 0 Å². The summed E-state index contributed by atoms with van der Waals surface area (Å²) in [7, 11) is 5.64. The molecule has 0 aliphatic rings. The first-order chi connectivity index (χ1) is 16.1. The summed E-state index contributed by atoms with van der Waals surface area (Å²) in [5.74, 6) is 0.617. The maximum absolute atomic E-state index is 13.3. The molecule has 0 aliphatic carbocycles. The standard InChI is InChI=1S/C26H27N5O2/c1-30(2)24(19-11-13-22(33-3)14-12-19)17-28-26(32)23-18-31(21-9-5-4-6-10-21)29-25(23)20-8-7-15-27-16-20/h4-16,18,24H,17H2,1-3H3,(H,28,32). The zero-order chi connectivity index (χ0) is 23.2. The third-order valence-corrected chi connectivity index (χ3v) is 5.49. The lowest BCUT2D eigenvalue weighted by Gasteiger charge is -2.25. The molecule has 7 heteroatoms. The van der Waals surface area contributed by atoms with Crippen LogP contribution in [0, 0.1) is 0 Å². The number of ether oxygens (including phenoxy) is 1. The van der Waals surface area contributed by atoms with E-state index in [1.54, 1.807) is 30.4 Å². The minimum absolute atomic E-state index is 0.00543. The van der Waals surface area contributed by atoms with Gasteiger partial charge in [0.1, 0.15) is 11.4 Å². The molecular weight excluding hydrogens is 414 g/mol. The van der Waals surface area contributed by atoms with Crippen LogP contribution in [0.1, 0.15) is 22.0 Å². The first-order valence-corrected chi connectivity index (χ1v) is 10.7. The average molecular weight is 442 g/mol. The van der Waals surface area contributed by atoms with Gasteiger partial charge in [0.15, 0.2) is 0 Å². The summed E-state index contributed by atoms with van der Waals surface area (Å²) in [5, 5.41) is 7.80. The number of likely N-dealkylation sites (N-methyl/N-ethyl adjacent to an activating group) is 1. The van der Waals surface area contributed by atoms with E-state index in [1.807, 2.05) is 80.8 Å². The first-order valence-electron chi connectivity index (χ1n) is 10.7. The van der Waals surface area contributed by atoms with Crippen LogP contribution in [0.4, 0.5) is 0 Å². The topological polar surface area (TPSA) is 72.3 Å². The molecule has 1 atom stereocenters. The highest BCUT2D eigenvalue weighted by Crippen LogP contribution is 2.24. The van der Waals surface area contributed by atoms with Crippen LogP contribution >= 0.6 is 0 Å². The van der Waals surface area contributed by atoms with Gasteiger partial charge in [-0.05, 0) is 56.1 Å². The van der Waals surface area contributed by atoms with Crippen molar-refractivity contribution in [2.45, 2.75) is 6.04 Å². The predicted molar refractivity (Wildman–Crippen MR) is 129 cm³/mol. The Morgan fingerprint density at radius 2 is 1.82 bits per heavy atom. The number of benzene rings is 2. The molecular formula is C26H27N5O2. The molecule has 0 saturated carbocycles. The average Bonchev–Trinajstić information content (AvgIpc) is 3.31. The predicted octanol–water partition coefficient (Wildman–Crippen LogP) is 3.98. The summed E-state index contributed by atoms with van der Waals surface area (Å²) in [4.78, 5) is 19.6. The van der Waals surface area contributed by atoms with E-state index >= 15 is 0 Å². The molecule has 4 rings (SSSR count). The summed E-state index contributed by atoms with van der Waals surface area (Å²) >= 11 is 0. The number of hydrogen-bond acceptors (Lipinski definition) is 5. The number of nitrogens with zero attached hydrogens (tertiary/aromatic N) is 4. The fourth-order valence-electron chi connectivity index (χ4n) is 3.68. The van der Waals surface area contributed by atoms with Gasteiger partial charge in [-0.25, -0.2) is 4.68 Å². The van der Waals surface area contributed by atoms with Crippen LogP contribution in [-0.4, -0.2) is 53.3 Å². The van der Waals surface area contributed by atoms with E-state index in [4.69, 9.17) is 9.84 Å². The van der Waals surface area contributed by atoms with Gasteiger partial charge in [0.05, 0.1) is 24.4 Å². The number of nitrogens with one attached hydrogen (secondary N) is 1. The minimum Gasteiger partial charge on any atom is -0.497 e. The zero-order valence-corrected chi connectivity index (χ0v) is 19.0. The fraction of sp³-hybridized carbons (Fsp3) is 0.192. The number of pyridine rings is 1. The van der Waals surface area contributed by atoms with Gasteiger partial charge in [-0.15, -0.1) is 0 Å². The molecule has 7 nitrogen and oxygen atoms in total. The molecule has 2 aromatic carbocycles. The number of carbonyl (C=O) groups excluding carboxylic acids is 1. The van der Waals surface area contributed by atoms with E-state index in [-0.39, 0.29) is 11.9 Å². The smallest absolute Gasteiger partial charge is 0.255 e. The maximum atomic E-state index is 13.3. The first kappa shape index (κ1) is 22.2. The van der Waals surface area contributed by atoms with Gasteiger partial charge in [-0.2, -0.15) is 5.10 Å². The SMILES string of the molecule is COc1ccc(C(CNC(=O)c2cn(-c3ccccc3)nc2-c2cccnc2)N(C)C)cc1. The molecule has 33 heavy (non-hydrogen) atoms. The Morgan fingerprint density at radius 1 is 1.06 bits per heavy atom. The normalized spacial score (nSPS) is 11.9. The van der Waals surface area contributed by atoms with Gasteiger partial charge in [-0.1, -0.05) is 30.3 Å². The maximum Gasteiger partial charge on any atom is 0.255 e. The number of methoxy groups -OCH3 is 1. The van der Waals surface area contributed by atoms with Crippen molar-refractivity contribution in [1.29, 1.82) is 0 Å². The monoisotopic (exact) mass is 441 g/mol. The molecule has 168 valence electrons. The molecule has 2 heterocycles. The lowest BCUT2D eigenvalue weighted by atomic mass is 10.1. The van der Waals surface area contributed by atoms with E-state index in [9.17, 15) is 4.79 Å². The molecule has 1 amide bonds. The summed E-state index contributed by atoms with van der Waals surface area (Å²) < 4.78 is 6.99. The van der Waals surface area contributed by atoms with Crippen LogP contribution in [0.25, 0.3) is 16.9 Å². The quantitative estimate of drug-likeness (QED) is 0.448. The Labute approximate surface area is 193 Å². The van der Waals surface area contributed by atoms with Crippen LogP contribution in [-0.2, 0) is 0 Å². The number of hydrogen-bond donors (Lipinski definition) is 1. The lowest BCUT2D eigenvalue weighted by Crippen LogP contribution is -2.34. The number of aromatic nitrogens is 3. The Morgan fingerprint density at radius 3 is 2.45 bits per heavy atom. The molecule has 0 spiro atoms. The Kier molecular flexibility index (Phi) is 6.80. The largest absolute Gasteiger partial charge is 0.497 e. The van der Waals surface area contributed by atoms with Crippen LogP contribution in [0.5, 0.6) is 5.75 Å². The summed E-state index contributed by atoms with van der Waals surface area (Å²) in [6.07, 6.45) is 5.19. The van der Waals surface area contributed by atoms with E-state index in [0.717, 1.165) is 22.6 Å². The van der Waals surface area contributed by atoms with Gasteiger partial charge in [-0.3, -0.25) is 9.78 Å². The molecule has 1 N–H and O–H groups in total. The Bertz CT molecular complexity index is 1190. The molecule has 0 fully saturated rings. The highest BCUT2D eigenvalue weighted by atomic mass is 16.5. The highest BCUT2D eigenvalue weighted by Gasteiger charge is 2.21. The van der Waals surface area contributed by atoms with E-state index in [0.29, 0.717) is 17.8 Å². The van der Waals surface area contributed by atoms with E-state index < -0.39 is 0 Å². The molecule has 0 saturated heterocycles. The Balaban J connectivity index is 1.60. The summed E-state index contributed by atoms with van der Waals surface area (Å²) in [6.45, 7) is 0.446. The molecule has 0 aliphatic heterocycles.